The molecule has 0 radical (unpaired) electrons. The summed E-state index contributed by atoms with van der Waals surface area (Å²) < 4.78 is 1.98. The Kier molecular flexibility index (Phi) is 3.87. The zero-order chi connectivity index (χ0) is 15.6. The number of aryl methyl sites for hydroxylation is 1. The van der Waals surface area contributed by atoms with Gasteiger partial charge in [-0.1, -0.05) is 24.3 Å². The Labute approximate surface area is 136 Å². The number of nitrogens with zero attached hydrogens (tertiary/aromatic N) is 2. The van der Waals surface area contributed by atoms with Crippen LogP contribution < -0.4 is 10.6 Å². The van der Waals surface area contributed by atoms with E-state index in [2.05, 4.69) is 40.0 Å². The predicted molar refractivity (Wildman–Crippen MR) is 89.4 cm³/mol. The van der Waals surface area contributed by atoms with Gasteiger partial charge in [0.15, 0.2) is 0 Å². The molecule has 2 N–H and O–H groups in total. The number of carbonyl (C=O) groups excluding carboxylic acids is 1. The molecule has 2 aromatic rings. The average molecular weight is 310 g/mol. The molecule has 1 aromatic heterocycles. The van der Waals surface area contributed by atoms with Gasteiger partial charge in [0.2, 0.25) is 5.91 Å². The average Bonchev–Trinajstić information content (AvgIpc) is 3.26. The second-order valence-corrected chi connectivity index (χ2v) is 6.45. The van der Waals surface area contributed by atoms with Crippen LogP contribution in [-0.4, -0.2) is 28.8 Å². The first-order valence-electron chi connectivity index (χ1n) is 8.46. The number of hydrogen-bond acceptors (Lipinski definition) is 3. The van der Waals surface area contributed by atoms with Crippen LogP contribution >= 0.6 is 0 Å². The number of carbonyl (C=O) groups is 1. The highest BCUT2D eigenvalue weighted by Gasteiger charge is 2.26. The van der Waals surface area contributed by atoms with Crippen molar-refractivity contribution < 1.29 is 4.79 Å². The summed E-state index contributed by atoms with van der Waals surface area (Å²) >= 11 is 0. The molecule has 23 heavy (non-hydrogen) atoms. The number of anilines is 1. The van der Waals surface area contributed by atoms with E-state index in [9.17, 15) is 4.79 Å². The fourth-order valence-corrected chi connectivity index (χ4v) is 3.75. The van der Waals surface area contributed by atoms with Gasteiger partial charge in [0.25, 0.3) is 0 Å². The van der Waals surface area contributed by atoms with Gasteiger partial charge in [-0.3, -0.25) is 4.79 Å². The van der Waals surface area contributed by atoms with Crippen LogP contribution in [-0.2, 0) is 11.2 Å². The van der Waals surface area contributed by atoms with Gasteiger partial charge in [0, 0.05) is 12.6 Å². The monoisotopic (exact) mass is 310 g/mol. The number of nitrogens with one attached hydrogen (secondary N) is 2. The zero-order valence-electron chi connectivity index (χ0n) is 13.2. The van der Waals surface area contributed by atoms with Crippen molar-refractivity contribution in [2.45, 2.75) is 31.7 Å². The number of benzene rings is 1. The lowest BCUT2D eigenvalue weighted by Crippen LogP contribution is -2.27. The molecule has 2 atom stereocenters. The van der Waals surface area contributed by atoms with E-state index in [1.807, 2.05) is 10.7 Å². The molecule has 0 spiro atoms. The molecule has 2 heterocycles. The molecule has 1 aliphatic heterocycles. The number of aromatic nitrogens is 2. The third-order valence-corrected chi connectivity index (χ3v) is 4.99. The van der Waals surface area contributed by atoms with Gasteiger partial charge in [0.1, 0.15) is 5.82 Å². The summed E-state index contributed by atoms with van der Waals surface area (Å²) in [5.41, 5.74) is 2.73. The van der Waals surface area contributed by atoms with Crippen LogP contribution in [0.15, 0.2) is 36.5 Å². The lowest BCUT2D eigenvalue weighted by molar-refractivity contribution is -0.119. The molecule has 1 saturated heterocycles. The van der Waals surface area contributed by atoms with Gasteiger partial charge in [0.05, 0.1) is 18.2 Å². The highest BCUT2D eigenvalue weighted by Crippen LogP contribution is 2.34. The van der Waals surface area contributed by atoms with E-state index in [0.29, 0.717) is 0 Å². The van der Waals surface area contributed by atoms with Crippen LogP contribution in [0.3, 0.4) is 0 Å². The second kappa shape index (κ2) is 6.16. The Balaban J connectivity index is 1.59. The quantitative estimate of drug-likeness (QED) is 0.915. The van der Waals surface area contributed by atoms with Gasteiger partial charge in [-0.25, -0.2) is 4.68 Å². The number of hydrogen-bond donors (Lipinski definition) is 2. The maximum Gasteiger partial charge on any atom is 0.229 e. The van der Waals surface area contributed by atoms with Crippen molar-refractivity contribution in [2.24, 2.45) is 5.92 Å². The van der Waals surface area contributed by atoms with Crippen molar-refractivity contribution in [3.8, 4) is 0 Å². The van der Waals surface area contributed by atoms with Gasteiger partial charge < -0.3 is 10.6 Å². The van der Waals surface area contributed by atoms with E-state index in [-0.39, 0.29) is 17.9 Å². The molecule has 5 heteroatoms. The van der Waals surface area contributed by atoms with Gasteiger partial charge in [-0.2, -0.15) is 5.10 Å². The molecule has 1 aromatic carbocycles. The molecule has 5 nitrogen and oxygen atoms in total. The van der Waals surface area contributed by atoms with Crippen LogP contribution in [0.25, 0.3) is 0 Å². The fraction of sp³-hybridized carbons (Fsp3) is 0.444. The summed E-state index contributed by atoms with van der Waals surface area (Å²) in [5, 5.41) is 10.8. The van der Waals surface area contributed by atoms with Crippen LogP contribution in [0.4, 0.5) is 5.82 Å². The first-order valence-corrected chi connectivity index (χ1v) is 8.46. The lowest BCUT2D eigenvalue weighted by Gasteiger charge is -2.27. The molecule has 1 fully saturated rings. The first kappa shape index (κ1) is 14.5. The van der Waals surface area contributed by atoms with Crippen molar-refractivity contribution in [3.63, 3.8) is 0 Å². The largest absolute Gasteiger partial charge is 0.316 e. The normalized spacial score (nSPS) is 23.5. The SMILES string of the molecule is O=C(Nc1ccnn1C1CCCc2ccccc21)C1CCNC1. The molecular formula is C18H22N4O. The van der Waals surface area contributed by atoms with E-state index >= 15 is 0 Å². The predicted octanol–water partition coefficient (Wildman–Crippen LogP) is 2.36. The highest BCUT2D eigenvalue weighted by atomic mass is 16.2. The van der Waals surface area contributed by atoms with Crippen LogP contribution in [0, 0.1) is 5.92 Å². The first-order chi connectivity index (χ1) is 11.3. The maximum atomic E-state index is 12.4. The van der Waals surface area contributed by atoms with E-state index in [1.54, 1.807) is 6.20 Å². The standard InChI is InChI=1S/C18H22N4O/c23-18(14-8-10-19-12-14)21-17-9-11-20-22(17)16-7-3-5-13-4-1-2-6-15(13)16/h1-2,4,6,9,11,14,16,19H,3,5,7-8,10,12H2,(H,21,23). The minimum absolute atomic E-state index is 0.0667. The molecule has 0 bridgehead atoms. The number of amides is 1. The highest BCUT2D eigenvalue weighted by molar-refractivity contribution is 5.92. The van der Waals surface area contributed by atoms with Crippen LogP contribution in [0.2, 0.25) is 0 Å². The molecule has 4 rings (SSSR count). The fourth-order valence-electron chi connectivity index (χ4n) is 3.75. The summed E-state index contributed by atoms with van der Waals surface area (Å²) in [6.45, 7) is 1.69. The van der Waals surface area contributed by atoms with E-state index in [4.69, 9.17) is 0 Å². The molecule has 1 amide bonds. The Hall–Kier alpha value is -2.14. The number of fused-ring (bicyclic) bond motifs is 1. The van der Waals surface area contributed by atoms with Crippen LogP contribution in [0.1, 0.15) is 36.4 Å². The minimum Gasteiger partial charge on any atom is -0.316 e. The molecular weight excluding hydrogens is 288 g/mol. The molecule has 2 unspecified atom stereocenters. The van der Waals surface area contributed by atoms with E-state index in [1.165, 1.54) is 11.1 Å². The minimum atomic E-state index is 0.0667. The molecule has 2 aliphatic rings. The number of rotatable bonds is 3. The van der Waals surface area contributed by atoms with Gasteiger partial charge in [-0.15, -0.1) is 0 Å². The lowest BCUT2D eigenvalue weighted by atomic mass is 9.88. The third kappa shape index (κ3) is 2.77. The van der Waals surface area contributed by atoms with Crippen molar-refractivity contribution in [1.82, 2.24) is 15.1 Å². The Morgan fingerprint density at radius 1 is 1.26 bits per heavy atom. The molecule has 120 valence electrons. The Morgan fingerprint density at radius 2 is 2.17 bits per heavy atom. The van der Waals surface area contributed by atoms with Crippen LogP contribution in [0.5, 0.6) is 0 Å². The summed E-state index contributed by atoms with van der Waals surface area (Å²) in [6, 6.07) is 10.7. The molecule has 1 aliphatic carbocycles. The van der Waals surface area contributed by atoms with Gasteiger partial charge in [-0.05, 0) is 43.4 Å². The summed E-state index contributed by atoms with van der Waals surface area (Å²) in [6.07, 6.45) is 6.03. The summed E-state index contributed by atoms with van der Waals surface area (Å²) in [5.74, 6) is 0.974. The van der Waals surface area contributed by atoms with Gasteiger partial charge >= 0.3 is 0 Å². The van der Waals surface area contributed by atoms with Crippen molar-refractivity contribution >= 4 is 11.7 Å². The maximum absolute atomic E-state index is 12.4. The summed E-state index contributed by atoms with van der Waals surface area (Å²) in [4.78, 5) is 12.4. The smallest absolute Gasteiger partial charge is 0.229 e. The summed E-state index contributed by atoms with van der Waals surface area (Å²) in [7, 11) is 0. The zero-order valence-corrected chi connectivity index (χ0v) is 13.2. The Bertz CT molecular complexity index is 703. The van der Waals surface area contributed by atoms with Crippen molar-refractivity contribution in [1.29, 1.82) is 0 Å². The van der Waals surface area contributed by atoms with Crippen molar-refractivity contribution in [2.75, 3.05) is 18.4 Å². The van der Waals surface area contributed by atoms with Crippen molar-refractivity contribution in [3.05, 3.63) is 47.7 Å². The third-order valence-electron chi connectivity index (χ3n) is 4.99. The second-order valence-electron chi connectivity index (χ2n) is 6.45. The molecule has 0 saturated carbocycles. The Morgan fingerprint density at radius 3 is 3.04 bits per heavy atom. The van der Waals surface area contributed by atoms with E-state index in [0.717, 1.165) is 44.6 Å². The van der Waals surface area contributed by atoms with E-state index < -0.39 is 0 Å². The topological polar surface area (TPSA) is 59.0 Å².